The van der Waals surface area contributed by atoms with E-state index in [1.165, 1.54) is 0 Å². The number of carbonyl (C=O) groups is 2. The normalized spacial score (nSPS) is 11.5. The predicted octanol–water partition coefficient (Wildman–Crippen LogP) is 2.66. The number of thiol groups is 1. The fourth-order valence-electron chi connectivity index (χ4n) is 1.67. The number of rotatable bonds is 10. The quantitative estimate of drug-likeness (QED) is 0.594. The fraction of sp³-hybridized carbons (Fsp3) is 0.833. The molecule has 100 valence electrons. The van der Waals surface area contributed by atoms with Gasteiger partial charge in [0.2, 0.25) is 5.12 Å². The molecule has 0 fully saturated rings. The minimum absolute atomic E-state index is 0.361. The summed E-state index contributed by atoms with van der Waals surface area (Å²) in [6, 6.07) is 0. The highest BCUT2D eigenvalue weighted by atomic mass is 32.1. The summed E-state index contributed by atoms with van der Waals surface area (Å²) in [5.41, 5.74) is -1.02. The van der Waals surface area contributed by atoms with Crippen LogP contribution in [0.25, 0.3) is 0 Å². The lowest BCUT2D eigenvalue weighted by Crippen LogP contribution is -2.40. The van der Waals surface area contributed by atoms with Gasteiger partial charge in [-0.1, -0.05) is 39.5 Å². The highest BCUT2D eigenvalue weighted by Crippen LogP contribution is 2.28. The molecule has 0 saturated heterocycles. The Kier molecular flexibility index (Phi) is 8.25. The second-order valence-corrected chi connectivity index (χ2v) is 4.60. The minimum atomic E-state index is -1.06. The maximum Gasteiger partial charge on any atom is 0.329 e. The van der Waals surface area contributed by atoms with Gasteiger partial charge in [0.15, 0.2) is 0 Å². The molecule has 0 unspecified atom stereocenters. The molecule has 0 aliphatic heterocycles. The van der Waals surface area contributed by atoms with Crippen molar-refractivity contribution in [3.63, 3.8) is 0 Å². The molecule has 0 aromatic rings. The van der Waals surface area contributed by atoms with Gasteiger partial charge in [-0.25, -0.2) is 4.79 Å². The Morgan fingerprint density at radius 2 is 1.65 bits per heavy atom. The molecule has 0 spiro atoms. The van der Waals surface area contributed by atoms with Crippen LogP contribution in [0.15, 0.2) is 0 Å². The monoisotopic (exact) mass is 262 g/mol. The first-order valence-corrected chi connectivity index (χ1v) is 6.52. The summed E-state index contributed by atoms with van der Waals surface area (Å²) in [4.78, 5) is 22.2. The standard InChI is InChI=1S/C12H22O4S/c1-3-5-7-12(11(15)17,8-6-4-2)16-9-10(13)14/h3-9H2,1-2H3,(H,13,14)(H,15,17). The molecular formula is C12H22O4S. The summed E-state index contributed by atoms with van der Waals surface area (Å²) in [7, 11) is 0. The van der Waals surface area contributed by atoms with Crippen LogP contribution in [0.1, 0.15) is 52.4 Å². The van der Waals surface area contributed by atoms with Crippen molar-refractivity contribution in [3.8, 4) is 0 Å². The fourth-order valence-corrected chi connectivity index (χ4v) is 1.96. The molecule has 0 aromatic carbocycles. The number of aliphatic carboxylic acids is 1. The van der Waals surface area contributed by atoms with E-state index in [4.69, 9.17) is 9.84 Å². The predicted molar refractivity (Wildman–Crippen MR) is 69.4 cm³/mol. The first-order valence-electron chi connectivity index (χ1n) is 6.07. The van der Waals surface area contributed by atoms with Gasteiger partial charge in [0.05, 0.1) is 0 Å². The summed E-state index contributed by atoms with van der Waals surface area (Å²) >= 11 is 3.87. The molecular weight excluding hydrogens is 240 g/mol. The molecule has 0 rings (SSSR count). The van der Waals surface area contributed by atoms with Crippen LogP contribution in [0.2, 0.25) is 0 Å². The van der Waals surface area contributed by atoms with Gasteiger partial charge in [0.25, 0.3) is 0 Å². The second kappa shape index (κ2) is 8.53. The van der Waals surface area contributed by atoms with Gasteiger partial charge >= 0.3 is 5.97 Å². The van der Waals surface area contributed by atoms with Crippen molar-refractivity contribution in [2.24, 2.45) is 0 Å². The molecule has 0 aliphatic rings. The SMILES string of the molecule is CCCCC(CCCC)(OCC(=O)O)C(=O)S. The van der Waals surface area contributed by atoms with E-state index in [1.54, 1.807) is 0 Å². The summed E-state index contributed by atoms with van der Waals surface area (Å²) in [6.07, 6.45) is 4.61. The van der Waals surface area contributed by atoms with Crippen molar-refractivity contribution in [2.45, 2.75) is 58.0 Å². The highest BCUT2D eigenvalue weighted by Gasteiger charge is 2.36. The van der Waals surface area contributed by atoms with Crippen LogP contribution in [0.3, 0.4) is 0 Å². The summed E-state index contributed by atoms with van der Waals surface area (Å²) in [6.45, 7) is 3.59. The van der Waals surface area contributed by atoms with E-state index >= 15 is 0 Å². The van der Waals surface area contributed by atoms with Crippen molar-refractivity contribution in [3.05, 3.63) is 0 Å². The van der Waals surface area contributed by atoms with Gasteiger partial charge in [-0.3, -0.25) is 4.79 Å². The highest BCUT2D eigenvalue weighted by molar-refractivity contribution is 7.96. The van der Waals surface area contributed by atoms with Gasteiger partial charge in [-0.15, -0.1) is 12.6 Å². The Labute approximate surface area is 108 Å². The number of carboxylic acid groups (broad SMARTS) is 1. The van der Waals surface area contributed by atoms with Crippen LogP contribution < -0.4 is 0 Å². The summed E-state index contributed by atoms with van der Waals surface area (Å²) in [5.74, 6) is -1.06. The number of hydrogen-bond donors (Lipinski definition) is 2. The topological polar surface area (TPSA) is 63.6 Å². The third-order valence-corrected chi connectivity index (χ3v) is 3.14. The molecule has 0 aromatic heterocycles. The van der Waals surface area contributed by atoms with E-state index in [-0.39, 0.29) is 5.12 Å². The minimum Gasteiger partial charge on any atom is -0.480 e. The van der Waals surface area contributed by atoms with E-state index in [9.17, 15) is 9.59 Å². The van der Waals surface area contributed by atoms with Crippen LogP contribution in [0.4, 0.5) is 0 Å². The smallest absolute Gasteiger partial charge is 0.329 e. The molecule has 0 radical (unpaired) electrons. The third-order valence-electron chi connectivity index (χ3n) is 2.73. The zero-order chi connectivity index (χ0) is 13.3. The van der Waals surface area contributed by atoms with Crippen LogP contribution in [-0.4, -0.2) is 28.4 Å². The molecule has 1 N–H and O–H groups in total. The van der Waals surface area contributed by atoms with Crippen molar-refractivity contribution in [1.82, 2.24) is 0 Å². The Bertz CT molecular complexity index is 245. The van der Waals surface area contributed by atoms with Crippen LogP contribution in [0.5, 0.6) is 0 Å². The van der Waals surface area contributed by atoms with Crippen LogP contribution in [0, 0.1) is 0 Å². The average molecular weight is 262 g/mol. The van der Waals surface area contributed by atoms with Gasteiger partial charge in [-0.2, -0.15) is 0 Å². The molecule has 0 amide bonds. The molecule has 17 heavy (non-hydrogen) atoms. The largest absolute Gasteiger partial charge is 0.480 e. The average Bonchev–Trinajstić information content (AvgIpc) is 2.28. The Hall–Kier alpha value is -0.550. The van der Waals surface area contributed by atoms with Gasteiger partial charge in [0, 0.05) is 0 Å². The lowest BCUT2D eigenvalue weighted by Gasteiger charge is -2.30. The maximum absolute atomic E-state index is 11.6. The summed E-state index contributed by atoms with van der Waals surface area (Å²) in [5, 5.41) is 8.29. The van der Waals surface area contributed by atoms with Crippen molar-refractivity contribution < 1.29 is 19.4 Å². The zero-order valence-corrected chi connectivity index (χ0v) is 11.5. The van der Waals surface area contributed by atoms with Gasteiger partial charge in [0.1, 0.15) is 12.2 Å². The van der Waals surface area contributed by atoms with E-state index in [1.807, 2.05) is 13.8 Å². The number of carbonyl (C=O) groups excluding carboxylic acids is 1. The lowest BCUT2D eigenvalue weighted by molar-refractivity contribution is -0.155. The molecule has 0 aliphatic carbocycles. The van der Waals surface area contributed by atoms with Crippen molar-refractivity contribution in [2.75, 3.05) is 6.61 Å². The number of unbranched alkanes of at least 4 members (excludes halogenated alkanes) is 2. The Balaban J connectivity index is 4.68. The number of hydrogen-bond acceptors (Lipinski definition) is 3. The number of carboxylic acids is 1. The molecule has 0 bridgehead atoms. The first-order chi connectivity index (χ1) is 7.98. The van der Waals surface area contributed by atoms with Crippen molar-refractivity contribution in [1.29, 1.82) is 0 Å². The molecule has 0 saturated carbocycles. The van der Waals surface area contributed by atoms with E-state index in [2.05, 4.69) is 12.6 Å². The van der Waals surface area contributed by atoms with E-state index in [0.29, 0.717) is 12.8 Å². The van der Waals surface area contributed by atoms with E-state index in [0.717, 1.165) is 25.7 Å². The van der Waals surface area contributed by atoms with Crippen molar-refractivity contribution >= 4 is 23.7 Å². The summed E-state index contributed by atoms with van der Waals surface area (Å²) < 4.78 is 5.33. The second-order valence-electron chi connectivity index (χ2n) is 4.19. The Morgan fingerprint density at radius 1 is 1.18 bits per heavy atom. The zero-order valence-electron chi connectivity index (χ0n) is 10.6. The maximum atomic E-state index is 11.6. The molecule has 0 heterocycles. The number of ether oxygens (including phenoxy) is 1. The lowest BCUT2D eigenvalue weighted by atomic mass is 9.91. The third kappa shape index (κ3) is 6.07. The van der Waals surface area contributed by atoms with Gasteiger partial charge in [-0.05, 0) is 12.8 Å². The molecule has 5 heteroatoms. The Morgan fingerprint density at radius 3 is 1.94 bits per heavy atom. The van der Waals surface area contributed by atoms with E-state index < -0.39 is 18.2 Å². The molecule has 0 atom stereocenters. The first kappa shape index (κ1) is 16.4. The van der Waals surface area contributed by atoms with Crippen LogP contribution >= 0.6 is 12.6 Å². The van der Waals surface area contributed by atoms with Gasteiger partial charge < -0.3 is 9.84 Å². The molecule has 4 nitrogen and oxygen atoms in total. The van der Waals surface area contributed by atoms with Crippen LogP contribution in [-0.2, 0) is 14.3 Å².